The number of phosphoric ester groups is 1. The Kier molecular flexibility index (Phi) is 62.0. The highest BCUT2D eigenvalue weighted by Gasteiger charge is 2.23. The number of hydrogen-bond acceptors (Lipinski definition) is 6. The van der Waals surface area contributed by atoms with Crippen LogP contribution in [0.25, 0.3) is 0 Å². The Morgan fingerprint density at radius 3 is 1.11 bits per heavy atom. The number of unbranched alkanes of at least 4 members (excludes halogenated alkanes) is 32. The average Bonchev–Trinajstić information content (AvgIpc) is 3.56. The molecular weight excluding hydrogens is 1060 g/mol. The van der Waals surface area contributed by atoms with Crippen molar-refractivity contribution in [2.24, 2.45) is 0 Å². The molecule has 3 atom stereocenters. The van der Waals surface area contributed by atoms with Gasteiger partial charge in [0.25, 0.3) is 7.82 Å². The number of aliphatic hydroxyl groups is 1. The number of quaternary nitrogens is 1. The van der Waals surface area contributed by atoms with Crippen LogP contribution in [0.1, 0.15) is 296 Å². The standard InChI is InChI=1S/C75H133N2O6P/c1-6-8-10-12-14-16-18-20-22-24-26-28-30-31-32-33-34-35-36-37-38-39-40-41-42-43-44-45-47-49-51-53-55-57-59-61-63-65-67-69-75(79)76-73(72-83-84(80,81)82-71-70-77(3,4)5)74(78)68-66-64-62-60-58-56-54-52-50-48-46-29-27-25-23-21-19-17-15-13-11-9-7-2/h8,10,14,16,20,22,26,28,31-32,34-35,37-38,50,52,58,60,66,68,73-74,78H,6-7,9,11-13,15,17-19,21,23-25,27,29-30,33,36,39-49,51,53-57,59,61-65,67,69-72H2,1-5H3,(H-,76,79,80,81)/b10-8-,16-14-,22-20-,28-26-,32-31-,35-34-,38-37-,52-50+,60-58+,68-66+. The first-order valence-corrected chi connectivity index (χ1v) is 36.4. The van der Waals surface area contributed by atoms with Crippen LogP contribution in [0.4, 0.5) is 0 Å². The van der Waals surface area contributed by atoms with Crippen molar-refractivity contribution < 1.29 is 32.9 Å². The SMILES string of the molecule is CC/C=C\C/C=C\C/C=C\C/C=C\C/C=C\C/C=C\C/C=C\CCCCCCCCCCCCCCCCCCCC(=O)NC(COP(=O)([O-])OCC[N+](C)(C)C)C(O)/C=C/CC/C=C/CC/C=C/CCCCCCCCCCCCCCC. The lowest BCUT2D eigenvalue weighted by molar-refractivity contribution is -0.870. The molecule has 0 aromatic carbocycles. The predicted octanol–water partition coefficient (Wildman–Crippen LogP) is 21.8. The minimum atomic E-state index is -4.62. The summed E-state index contributed by atoms with van der Waals surface area (Å²) in [4.78, 5) is 25.6. The molecule has 3 unspecified atom stereocenters. The molecule has 484 valence electrons. The molecule has 0 aromatic rings. The lowest BCUT2D eigenvalue weighted by Gasteiger charge is -2.29. The van der Waals surface area contributed by atoms with Gasteiger partial charge in [-0.3, -0.25) is 9.36 Å². The predicted molar refractivity (Wildman–Crippen MR) is 366 cm³/mol. The number of rotatable bonds is 63. The van der Waals surface area contributed by atoms with E-state index in [4.69, 9.17) is 9.05 Å². The molecule has 0 bridgehead atoms. The maximum absolute atomic E-state index is 13.0. The van der Waals surface area contributed by atoms with Crippen molar-refractivity contribution in [3.8, 4) is 0 Å². The molecule has 0 aliphatic rings. The van der Waals surface area contributed by atoms with Crippen molar-refractivity contribution in [3.05, 3.63) is 122 Å². The molecule has 0 aliphatic heterocycles. The van der Waals surface area contributed by atoms with Gasteiger partial charge in [0.2, 0.25) is 5.91 Å². The van der Waals surface area contributed by atoms with Crippen LogP contribution in [0.15, 0.2) is 122 Å². The van der Waals surface area contributed by atoms with Crippen LogP contribution in [0.3, 0.4) is 0 Å². The van der Waals surface area contributed by atoms with E-state index in [2.05, 4.69) is 129 Å². The lowest BCUT2D eigenvalue weighted by atomic mass is 10.0. The summed E-state index contributed by atoms with van der Waals surface area (Å²) in [5.41, 5.74) is 0. The van der Waals surface area contributed by atoms with Crippen LogP contribution in [-0.4, -0.2) is 68.5 Å². The number of phosphoric acid groups is 1. The molecule has 84 heavy (non-hydrogen) atoms. The third-order valence-electron chi connectivity index (χ3n) is 15.1. The van der Waals surface area contributed by atoms with Crippen molar-refractivity contribution >= 4 is 13.7 Å². The van der Waals surface area contributed by atoms with Crippen molar-refractivity contribution in [1.29, 1.82) is 0 Å². The summed E-state index contributed by atoms with van der Waals surface area (Å²) in [6, 6.07) is -0.917. The topological polar surface area (TPSA) is 108 Å². The van der Waals surface area contributed by atoms with E-state index >= 15 is 0 Å². The highest BCUT2D eigenvalue weighted by Crippen LogP contribution is 2.38. The number of amides is 1. The Labute approximate surface area is 520 Å². The molecule has 9 heteroatoms. The second kappa shape index (κ2) is 64.4. The molecule has 1 amide bonds. The first kappa shape index (κ1) is 80.9. The molecule has 0 rings (SSSR count). The van der Waals surface area contributed by atoms with Gasteiger partial charge in [-0.1, -0.05) is 309 Å². The minimum Gasteiger partial charge on any atom is -0.756 e. The molecule has 8 nitrogen and oxygen atoms in total. The van der Waals surface area contributed by atoms with Gasteiger partial charge in [-0.25, -0.2) is 0 Å². The van der Waals surface area contributed by atoms with E-state index in [-0.39, 0.29) is 12.5 Å². The van der Waals surface area contributed by atoms with Gasteiger partial charge in [0.05, 0.1) is 39.9 Å². The van der Waals surface area contributed by atoms with Crippen molar-refractivity contribution in [2.75, 3.05) is 40.9 Å². The normalized spacial score (nSPS) is 14.4. The molecular formula is C75H133N2O6P. The molecule has 0 heterocycles. The third kappa shape index (κ3) is 66.4. The number of carbonyl (C=O) groups is 1. The second-order valence-electron chi connectivity index (χ2n) is 24.5. The van der Waals surface area contributed by atoms with Gasteiger partial charge in [-0.05, 0) is 103 Å². The van der Waals surface area contributed by atoms with Crippen LogP contribution < -0.4 is 10.2 Å². The smallest absolute Gasteiger partial charge is 0.268 e. The first-order valence-electron chi connectivity index (χ1n) is 34.9. The minimum absolute atomic E-state index is 0.0125. The zero-order chi connectivity index (χ0) is 61.2. The quantitative estimate of drug-likeness (QED) is 0.0272. The number of hydrogen-bond donors (Lipinski definition) is 2. The zero-order valence-electron chi connectivity index (χ0n) is 55.3. The van der Waals surface area contributed by atoms with E-state index in [1.807, 2.05) is 27.2 Å². The van der Waals surface area contributed by atoms with Gasteiger partial charge in [-0.2, -0.15) is 0 Å². The van der Waals surface area contributed by atoms with Gasteiger partial charge >= 0.3 is 0 Å². The highest BCUT2D eigenvalue weighted by molar-refractivity contribution is 7.45. The van der Waals surface area contributed by atoms with Gasteiger partial charge in [0.1, 0.15) is 13.2 Å². The Morgan fingerprint density at radius 2 is 0.738 bits per heavy atom. The number of nitrogens with one attached hydrogen (secondary N) is 1. The lowest BCUT2D eigenvalue weighted by Crippen LogP contribution is -2.45. The maximum Gasteiger partial charge on any atom is 0.268 e. The van der Waals surface area contributed by atoms with E-state index < -0.39 is 26.6 Å². The number of aliphatic hydroxyl groups excluding tert-OH is 1. The molecule has 0 spiro atoms. The highest BCUT2D eigenvalue weighted by atomic mass is 31.2. The van der Waals surface area contributed by atoms with Gasteiger partial charge in [0, 0.05) is 6.42 Å². The van der Waals surface area contributed by atoms with Crippen molar-refractivity contribution in [1.82, 2.24) is 5.32 Å². The Hall–Kier alpha value is -3.10. The number of likely N-dealkylation sites (N-methyl/N-ethyl adjacent to an activating group) is 1. The third-order valence-corrected chi connectivity index (χ3v) is 16.1. The maximum atomic E-state index is 13.0. The summed E-state index contributed by atoms with van der Waals surface area (Å²) in [5, 5.41) is 13.9. The first-order chi connectivity index (χ1) is 41.0. The average molecular weight is 1190 g/mol. The monoisotopic (exact) mass is 1190 g/mol. The van der Waals surface area contributed by atoms with E-state index in [0.717, 1.165) is 89.9 Å². The summed E-state index contributed by atoms with van der Waals surface area (Å²) < 4.78 is 23.4. The Bertz CT molecular complexity index is 1780. The van der Waals surface area contributed by atoms with Crippen LogP contribution in [-0.2, 0) is 18.4 Å². The molecule has 0 aromatic heterocycles. The van der Waals surface area contributed by atoms with E-state index in [1.54, 1.807) is 6.08 Å². The molecule has 0 saturated heterocycles. The second-order valence-corrected chi connectivity index (χ2v) is 25.9. The van der Waals surface area contributed by atoms with E-state index in [9.17, 15) is 19.4 Å². The molecule has 0 radical (unpaired) electrons. The number of carbonyl (C=O) groups excluding carboxylic acids is 1. The van der Waals surface area contributed by atoms with Crippen LogP contribution in [0, 0.1) is 0 Å². The van der Waals surface area contributed by atoms with Crippen LogP contribution >= 0.6 is 7.82 Å². The van der Waals surface area contributed by atoms with Crippen LogP contribution in [0.2, 0.25) is 0 Å². The van der Waals surface area contributed by atoms with Crippen LogP contribution in [0.5, 0.6) is 0 Å². The molecule has 2 N–H and O–H groups in total. The van der Waals surface area contributed by atoms with Gasteiger partial charge in [0.15, 0.2) is 0 Å². The van der Waals surface area contributed by atoms with Gasteiger partial charge < -0.3 is 28.8 Å². The fourth-order valence-corrected chi connectivity index (χ4v) is 10.5. The van der Waals surface area contributed by atoms with Crippen molar-refractivity contribution in [2.45, 2.75) is 309 Å². The zero-order valence-corrected chi connectivity index (χ0v) is 56.2. The molecule has 0 saturated carbocycles. The summed E-state index contributed by atoms with van der Waals surface area (Å²) in [6.07, 6.45) is 96.1. The largest absolute Gasteiger partial charge is 0.756 e. The van der Waals surface area contributed by atoms with Crippen molar-refractivity contribution in [3.63, 3.8) is 0 Å². The molecule has 0 aliphatic carbocycles. The summed E-state index contributed by atoms with van der Waals surface area (Å²) in [6.45, 7) is 4.52. The summed E-state index contributed by atoms with van der Waals surface area (Å²) in [7, 11) is 1.23. The fourth-order valence-electron chi connectivity index (χ4n) is 9.76. The Morgan fingerprint density at radius 1 is 0.429 bits per heavy atom. The van der Waals surface area contributed by atoms with E-state index in [0.29, 0.717) is 17.4 Å². The summed E-state index contributed by atoms with van der Waals surface area (Å²) >= 11 is 0. The van der Waals surface area contributed by atoms with E-state index in [1.165, 1.54) is 186 Å². The molecule has 0 fully saturated rings. The van der Waals surface area contributed by atoms with Gasteiger partial charge in [-0.15, -0.1) is 0 Å². The fraction of sp³-hybridized carbons (Fsp3) is 0.720. The number of nitrogens with zero attached hydrogens (tertiary/aromatic N) is 1. The Balaban J connectivity index is 4.09. The number of allylic oxidation sites excluding steroid dienone is 19. The summed E-state index contributed by atoms with van der Waals surface area (Å²) in [5.74, 6) is -0.212.